The maximum atomic E-state index is 5.76. The summed E-state index contributed by atoms with van der Waals surface area (Å²) in [6.07, 6.45) is 0. The van der Waals surface area contributed by atoms with Gasteiger partial charge in [-0.15, -0.1) is 0 Å². The predicted octanol–water partition coefficient (Wildman–Crippen LogP) is 1.92. The van der Waals surface area contributed by atoms with Crippen LogP contribution in [-0.4, -0.2) is 17.1 Å². The Labute approximate surface area is 100 Å². The maximum Gasteiger partial charge on any atom is 0.169 e. The van der Waals surface area contributed by atoms with Gasteiger partial charge in [0.25, 0.3) is 0 Å². The van der Waals surface area contributed by atoms with Gasteiger partial charge in [0.2, 0.25) is 0 Å². The second-order valence-electron chi connectivity index (χ2n) is 3.75. The Hall–Kier alpha value is -2.17. The van der Waals surface area contributed by atoms with Gasteiger partial charge in [0.15, 0.2) is 5.82 Å². The van der Waals surface area contributed by atoms with Crippen LogP contribution in [-0.2, 0) is 6.54 Å². The van der Waals surface area contributed by atoms with E-state index in [4.69, 9.17) is 10.5 Å². The third-order valence-corrected chi connectivity index (χ3v) is 2.49. The third-order valence-electron chi connectivity index (χ3n) is 2.49. The molecule has 0 fully saturated rings. The predicted molar refractivity (Wildman–Crippen MR) is 68.1 cm³/mol. The molecule has 1 aromatic carbocycles. The summed E-state index contributed by atoms with van der Waals surface area (Å²) in [6.45, 7) is 2.49. The lowest BCUT2D eigenvalue weighted by atomic mass is 10.2. The van der Waals surface area contributed by atoms with E-state index >= 15 is 0 Å². The van der Waals surface area contributed by atoms with Crippen LogP contribution in [0.3, 0.4) is 0 Å². The summed E-state index contributed by atoms with van der Waals surface area (Å²) >= 11 is 0. The van der Waals surface area contributed by atoms with Crippen LogP contribution in [0.1, 0.15) is 11.4 Å². The van der Waals surface area contributed by atoms with Crippen LogP contribution in [0.25, 0.3) is 0 Å². The van der Waals surface area contributed by atoms with Gasteiger partial charge in [0.1, 0.15) is 17.4 Å². The number of nitrogens with one attached hydrogen (secondary N) is 2. The molecule has 4 N–H and O–H groups in total. The van der Waals surface area contributed by atoms with Crippen LogP contribution in [0.4, 0.5) is 11.6 Å². The molecule has 0 spiro atoms. The number of methoxy groups -OCH3 is 1. The summed E-state index contributed by atoms with van der Waals surface area (Å²) in [5.74, 6) is 2.88. The zero-order chi connectivity index (χ0) is 12.3. The number of aromatic nitrogens is 2. The summed E-state index contributed by atoms with van der Waals surface area (Å²) < 4.78 is 5.27. The number of aryl methyl sites for hydroxylation is 1. The van der Waals surface area contributed by atoms with Gasteiger partial charge >= 0.3 is 0 Å². The minimum atomic E-state index is 0.553. The molecule has 0 aliphatic rings. The van der Waals surface area contributed by atoms with Crippen LogP contribution < -0.4 is 15.8 Å². The SMILES string of the molecule is COc1ccccc1CNc1nc(C)[nH]c1N. The molecule has 1 heterocycles. The van der Waals surface area contributed by atoms with E-state index in [2.05, 4.69) is 15.3 Å². The van der Waals surface area contributed by atoms with Crippen molar-refractivity contribution in [2.75, 3.05) is 18.2 Å². The Morgan fingerprint density at radius 3 is 2.82 bits per heavy atom. The Morgan fingerprint density at radius 2 is 2.18 bits per heavy atom. The molecule has 2 rings (SSSR count). The van der Waals surface area contributed by atoms with Gasteiger partial charge < -0.3 is 20.8 Å². The number of hydrogen-bond acceptors (Lipinski definition) is 4. The Balaban J connectivity index is 2.09. The van der Waals surface area contributed by atoms with E-state index in [9.17, 15) is 0 Å². The smallest absolute Gasteiger partial charge is 0.169 e. The highest BCUT2D eigenvalue weighted by molar-refractivity contribution is 5.57. The number of H-pyrrole nitrogens is 1. The van der Waals surface area contributed by atoms with Gasteiger partial charge in [-0.1, -0.05) is 18.2 Å². The molecule has 0 aliphatic carbocycles. The number of nitrogens with two attached hydrogens (primary N) is 1. The highest BCUT2D eigenvalue weighted by Crippen LogP contribution is 2.20. The van der Waals surface area contributed by atoms with Gasteiger partial charge in [-0.05, 0) is 13.0 Å². The summed E-state index contributed by atoms with van der Waals surface area (Å²) in [4.78, 5) is 7.19. The number of aromatic amines is 1. The molecular weight excluding hydrogens is 216 g/mol. The number of hydrogen-bond donors (Lipinski definition) is 3. The van der Waals surface area contributed by atoms with Crippen molar-refractivity contribution in [3.8, 4) is 5.75 Å². The molecule has 0 atom stereocenters. The van der Waals surface area contributed by atoms with Crippen molar-refractivity contribution in [2.45, 2.75) is 13.5 Å². The fraction of sp³-hybridized carbons (Fsp3) is 0.250. The van der Waals surface area contributed by atoms with Crippen LogP contribution in [0, 0.1) is 6.92 Å². The van der Waals surface area contributed by atoms with E-state index in [1.165, 1.54) is 0 Å². The largest absolute Gasteiger partial charge is 0.496 e. The first kappa shape index (κ1) is 11.3. The van der Waals surface area contributed by atoms with Crippen LogP contribution in [0.15, 0.2) is 24.3 Å². The van der Waals surface area contributed by atoms with Gasteiger partial charge in [-0.2, -0.15) is 0 Å². The Morgan fingerprint density at radius 1 is 1.41 bits per heavy atom. The van der Waals surface area contributed by atoms with E-state index in [0.29, 0.717) is 18.2 Å². The van der Waals surface area contributed by atoms with Crippen LogP contribution in [0.2, 0.25) is 0 Å². The van der Waals surface area contributed by atoms with E-state index in [-0.39, 0.29) is 0 Å². The van der Waals surface area contributed by atoms with Crippen molar-refractivity contribution in [2.24, 2.45) is 0 Å². The van der Waals surface area contributed by atoms with Crippen molar-refractivity contribution in [1.29, 1.82) is 0 Å². The first-order chi connectivity index (χ1) is 8.20. The number of nitrogen functional groups attached to an aromatic ring is 1. The quantitative estimate of drug-likeness (QED) is 0.752. The number of benzene rings is 1. The molecule has 2 aromatic rings. The number of ether oxygens (including phenoxy) is 1. The first-order valence-corrected chi connectivity index (χ1v) is 5.38. The van der Waals surface area contributed by atoms with E-state index < -0.39 is 0 Å². The third kappa shape index (κ3) is 2.50. The molecule has 17 heavy (non-hydrogen) atoms. The van der Waals surface area contributed by atoms with E-state index in [1.54, 1.807) is 7.11 Å². The molecule has 5 heteroatoms. The van der Waals surface area contributed by atoms with E-state index in [0.717, 1.165) is 17.1 Å². The molecule has 0 amide bonds. The van der Waals surface area contributed by atoms with Gasteiger partial charge in [-0.3, -0.25) is 0 Å². The second kappa shape index (κ2) is 4.78. The first-order valence-electron chi connectivity index (χ1n) is 5.38. The standard InChI is InChI=1S/C12H16N4O/c1-8-15-11(13)12(16-8)14-7-9-5-3-4-6-10(9)17-2/h3-6,14H,7,13H2,1-2H3,(H,15,16). The van der Waals surface area contributed by atoms with Crippen molar-refractivity contribution in [3.05, 3.63) is 35.7 Å². The average molecular weight is 232 g/mol. The summed E-state index contributed by atoms with van der Waals surface area (Å²) in [5, 5.41) is 3.18. The minimum absolute atomic E-state index is 0.553. The number of para-hydroxylation sites is 1. The molecular formula is C12H16N4O. The Bertz CT molecular complexity index is 507. The van der Waals surface area contributed by atoms with Gasteiger partial charge in [-0.25, -0.2) is 4.98 Å². The number of imidazole rings is 1. The number of nitrogens with zero attached hydrogens (tertiary/aromatic N) is 1. The molecule has 0 aliphatic heterocycles. The lowest BCUT2D eigenvalue weighted by molar-refractivity contribution is 0.410. The lowest BCUT2D eigenvalue weighted by Crippen LogP contribution is -2.03. The number of anilines is 2. The normalized spacial score (nSPS) is 10.2. The second-order valence-corrected chi connectivity index (χ2v) is 3.75. The van der Waals surface area contributed by atoms with Crippen molar-refractivity contribution in [1.82, 2.24) is 9.97 Å². The summed E-state index contributed by atoms with van der Waals surface area (Å²) in [5.41, 5.74) is 6.83. The van der Waals surface area contributed by atoms with Crippen LogP contribution >= 0.6 is 0 Å². The molecule has 90 valence electrons. The molecule has 0 saturated heterocycles. The van der Waals surface area contributed by atoms with Crippen molar-refractivity contribution < 1.29 is 4.74 Å². The maximum absolute atomic E-state index is 5.76. The zero-order valence-electron chi connectivity index (χ0n) is 9.95. The molecule has 5 nitrogen and oxygen atoms in total. The number of rotatable bonds is 4. The molecule has 0 unspecified atom stereocenters. The van der Waals surface area contributed by atoms with Gasteiger partial charge in [0, 0.05) is 12.1 Å². The fourth-order valence-corrected chi connectivity index (χ4v) is 1.67. The molecule has 0 radical (unpaired) electrons. The highest BCUT2D eigenvalue weighted by Gasteiger charge is 2.06. The zero-order valence-corrected chi connectivity index (χ0v) is 9.95. The minimum Gasteiger partial charge on any atom is -0.496 e. The summed E-state index contributed by atoms with van der Waals surface area (Å²) in [6, 6.07) is 7.84. The lowest BCUT2D eigenvalue weighted by Gasteiger charge is -2.08. The average Bonchev–Trinajstić information content (AvgIpc) is 2.65. The Kier molecular flexibility index (Phi) is 3.18. The van der Waals surface area contributed by atoms with E-state index in [1.807, 2.05) is 31.2 Å². The highest BCUT2D eigenvalue weighted by atomic mass is 16.5. The van der Waals surface area contributed by atoms with Crippen molar-refractivity contribution in [3.63, 3.8) is 0 Å². The van der Waals surface area contributed by atoms with Crippen LogP contribution in [0.5, 0.6) is 5.75 Å². The fourth-order valence-electron chi connectivity index (χ4n) is 1.67. The summed E-state index contributed by atoms with van der Waals surface area (Å²) in [7, 11) is 1.66. The topological polar surface area (TPSA) is 76.0 Å². The molecule has 0 saturated carbocycles. The van der Waals surface area contributed by atoms with Gasteiger partial charge in [0.05, 0.1) is 7.11 Å². The molecule has 1 aromatic heterocycles. The van der Waals surface area contributed by atoms with Crippen molar-refractivity contribution >= 4 is 11.6 Å². The molecule has 0 bridgehead atoms. The monoisotopic (exact) mass is 232 g/mol.